The van der Waals surface area contributed by atoms with E-state index in [4.69, 9.17) is 4.74 Å². The Morgan fingerprint density at radius 3 is 2.65 bits per heavy atom. The Hall–Kier alpha value is -2.08. The van der Waals surface area contributed by atoms with E-state index in [1.807, 2.05) is 39.0 Å². The SMILES string of the molecule is CCOCCCNC(=O)C1CCN(C(=O)Nc2cc(C)ccc2C)CC1. The van der Waals surface area contributed by atoms with Crippen LogP contribution in [0, 0.1) is 19.8 Å². The zero-order chi connectivity index (χ0) is 18.9. The summed E-state index contributed by atoms with van der Waals surface area (Å²) in [6.07, 6.45) is 2.24. The Morgan fingerprint density at radius 1 is 1.23 bits per heavy atom. The molecule has 0 bridgehead atoms. The minimum absolute atomic E-state index is 0.00755. The second-order valence-corrected chi connectivity index (χ2v) is 6.85. The zero-order valence-electron chi connectivity index (χ0n) is 16.1. The first-order valence-corrected chi connectivity index (χ1v) is 9.50. The van der Waals surface area contributed by atoms with Gasteiger partial charge in [0, 0.05) is 44.5 Å². The van der Waals surface area contributed by atoms with Crippen molar-refractivity contribution in [2.45, 2.75) is 40.0 Å². The molecule has 0 atom stereocenters. The first-order chi connectivity index (χ1) is 12.5. The third-order valence-corrected chi connectivity index (χ3v) is 4.76. The van der Waals surface area contributed by atoms with Crippen LogP contribution in [0.4, 0.5) is 10.5 Å². The van der Waals surface area contributed by atoms with Gasteiger partial charge in [0.2, 0.25) is 5.91 Å². The molecule has 26 heavy (non-hydrogen) atoms. The summed E-state index contributed by atoms with van der Waals surface area (Å²) in [6.45, 7) is 9.19. The van der Waals surface area contributed by atoms with Gasteiger partial charge in [-0.05, 0) is 57.2 Å². The van der Waals surface area contributed by atoms with Gasteiger partial charge < -0.3 is 20.3 Å². The molecule has 0 aliphatic carbocycles. The first kappa shape index (κ1) is 20.2. The van der Waals surface area contributed by atoms with Gasteiger partial charge in [-0.1, -0.05) is 12.1 Å². The summed E-state index contributed by atoms with van der Waals surface area (Å²) < 4.78 is 5.26. The third kappa shape index (κ3) is 6.02. The smallest absolute Gasteiger partial charge is 0.321 e. The molecule has 1 fully saturated rings. The van der Waals surface area contributed by atoms with Gasteiger partial charge in [-0.15, -0.1) is 0 Å². The molecule has 1 aliphatic heterocycles. The number of piperidine rings is 1. The highest BCUT2D eigenvalue weighted by Gasteiger charge is 2.27. The van der Waals surface area contributed by atoms with Crippen molar-refractivity contribution in [2.24, 2.45) is 5.92 Å². The monoisotopic (exact) mass is 361 g/mol. The van der Waals surface area contributed by atoms with Crippen LogP contribution in [0.25, 0.3) is 0 Å². The number of carbonyl (C=O) groups is 2. The molecule has 0 saturated carbocycles. The highest BCUT2D eigenvalue weighted by molar-refractivity contribution is 5.90. The largest absolute Gasteiger partial charge is 0.382 e. The minimum atomic E-state index is -0.0886. The number of urea groups is 1. The van der Waals surface area contributed by atoms with Gasteiger partial charge in [0.25, 0.3) is 0 Å². The summed E-state index contributed by atoms with van der Waals surface area (Å²) in [5, 5.41) is 5.96. The molecule has 3 amide bonds. The van der Waals surface area contributed by atoms with E-state index in [0.29, 0.717) is 45.7 Å². The van der Waals surface area contributed by atoms with E-state index in [2.05, 4.69) is 10.6 Å². The lowest BCUT2D eigenvalue weighted by molar-refractivity contribution is -0.126. The van der Waals surface area contributed by atoms with E-state index >= 15 is 0 Å². The lowest BCUT2D eigenvalue weighted by Crippen LogP contribution is -2.44. The molecule has 6 nitrogen and oxygen atoms in total. The van der Waals surface area contributed by atoms with Crippen LogP contribution in [-0.2, 0) is 9.53 Å². The highest BCUT2D eigenvalue weighted by Crippen LogP contribution is 2.20. The lowest BCUT2D eigenvalue weighted by Gasteiger charge is -2.31. The number of rotatable bonds is 7. The molecule has 0 unspecified atom stereocenters. The van der Waals surface area contributed by atoms with Crippen molar-refractivity contribution in [1.82, 2.24) is 10.2 Å². The predicted octanol–water partition coefficient (Wildman–Crippen LogP) is 3.09. The van der Waals surface area contributed by atoms with E-state index in [-0.39, 0.29) is 17.9 Å². The van der Waals surface area contributed by atoms with Crippen molar-refractivity contribution in [1.29, 1.82) is 0 Å². The van der Waals surface area contributed by atoms with E-state index in [0.717, 1.165) is 23.2 Å². The Kier molecular flexibility index (Phi) is 7.91. The number of nitrogens with zero attached hydrogens (tertiary/aromatic N) is 1. The number of likely N-dealkylation sites (tertiary alicyclic amines) is 1. The zero-order valence-corrected chi connectivity index (χ0v) is 16.1. The molecule has 6 heteroatoms. The predicted molar refractivity (Wildman–Crippen MR) is 103 cm³/mol. The van der Waals surface area contributed by atoms with Gasteiger partial charge in [0.05, 0.1) is 0 Å². The first-order valence-electron chi connectivity index (χ1n) is 9.50. The van der Waals surface area contributed by atoms with Crippen molar-refractivity contribution in [3.05, 3.63) is 29.3 Å². The normalized spacial score (nSPS) is 15.0. The summed E-state index contributed by atoms with van der Waals surface area (Å²) >= 11 is 0. The number of ether oxygens (including phenoxy) is 1. The van der Waals surface area contributed by atoms with Crippen molar-refractivity contribution < 1.29 is 14.3 Å². The second kappa shape index (κ2) is 10.2. The molecular formula is C20H31N3O3. The molecule has 1 aliphatic rings. The third-order valence-electron chi connectivity index (χ3n) is 4.76. The molecule has 144 valence electrons. The number of hydrogen-bond donors (Lipinski definition) is 2. The quantitative estimate of drug-likeness (QED) is 0.733. The van der Waals surface area contributed by atoms with Crippen molar-refractivity contribution in [2.75, 3.05) is 38.2 Å². The standard InChI is InChI=1S/C20H31N3O3/c1-4-26-13-5-10-21-19(24)17-8-11-23(12-9-17)20(25)22-18-14-15(2)6-7-16(18)3/h6-7,14,17H,4-5,8-13H2,1-3H3,(H,21,24)(H,22,25). The van der Waals surface area contributed by atoms with E-state index < -0.39 is 0 Å². The Morgan fingerprint density at radius 2 is 1.96 bits per heavy atom. The number of hydrogen-bond acceptors (Lipinski definition) is 3. The number of nitrogens with one attached hydrogen (secondary N) is 2. The Labute approximate surface area is 156 Å². The van der Waals surface area contributed by atoms with Crippen LogP contribution in [0.3, 0.4) is 0 Å². The molecule has 0 spiro atoms. The van der Waals surface area contributed by atoms with Crippen LogP contribution >= 0.6 is 0 Å². The molecule has 0 aromatic heterocycles. The van der Waals surface area contributed by atoms with Crippen molar-refractivity contribution in [3.8, 4) is 0 Å². The number of benzene rings is 1. The average molecular weight is 361 g/mol. The maximum Gasteiger partial charge on any atom is 0.321 e. The molecule has 2 N–H and O–H groups in total. The van der Waals surface area contributed by atoms with Gasteiger partial charge in [-0.25, -0.2) is 4.79 Å². The van der Waals surface area contributed by atoms with Crippen LogP contribution in [0.2, 0.25) is 0 Å². The van der Waals surface area contributed by atoms with Gasteiger partial charge in [0.1, 0.15) is 0 Å². The van der Waals surface area contributed by atoms with E-state index in [9.17, 15) is 9.59 Å². The van der Waals surface area contributed by atoms with Crippen LogP contribution in [0.1, 0.15) is 37.3 Å². The molecular weight excluding hydrogens is 330 g/mol. The minimum Gasteiger partial charge on any atom is -0.382 e. The van der Waals surface area contributed by atoms with Gasteiger partial charge in [-0.3, -0.25) is 4.79 Å². The summed E-state index contributed by atoms with van der Waals surface area (Å²) in [4.78, 5) is 26.5. The molecule has 1 aromatic carbocycles. The molecule has 1 aromatic rings. The van der Waals surface area contributed by atoms with Crippen molar-refractivity contribution in [3.63, 3.8) is 0 Å². The number of anilines is 1. The second-order valence-electron chi connectivity index (χ2n) is 6.85. The van der Waals surface area contributed by atoms with Crippen molar-refractivity contribution >= 4 is 17.6 Å². The fourth-order valence-electron chi connectivity index (χ4n) is 3.08. The highest BCUT2D eigenvalue weighted by atomic mass is 16.5. The maximum absolute atomic E-state index is 12.5. The fourth-order valence-corrected chi connectivity index (χ4v) is 3.08. The molecule has 1 heterocycles. The van der Waals surface area contributed by atoms with Crippen LogP contribution in [0.15, 0.2) is 18.2 Å². The van der Waals surface area contributed by atoms with Gasteiger partial charge in [0.15, 0.2) is 0 Å². The number of aryl methyl sites for hydroxylation is 2. The maximum atomic E-state index is 12.5. The van der Waals surface area contributed by atoms with E-state index in [1.54, 1.807) is 4.90 Å². The summed E-state index contributed by atoms with van der Waals surface area (Å²) in [5.41, 5.74) is 3.01. The average Bonchev–Trinajstić information content (AvgIpc) is 2.64. The van der Waals surface area contributed by atoms with Gasteiger partial charge in [-0.2, -0.15) is 0 Å². The number of carbonyl (C=O) groups excluding carboxylic acids is 2. The lowest BCUT2D eigenvalue weighted by atomic mass is 9.96. The van der Waals surface area contributed by atoms with Crippen LogP contribution < -0.4 is 10.6 Å². The summed E-state index contributed by atoms with van der Waals surface area (Å²) in [5.74, 6) is 0.0861. The summed E-state index contributed by atoms with van der Waals surface area (Å²) in [6, 6.07) is 5.93. The Bertz CT molecular complexity index is 610. The molecule has 0 radical (unpaired) electrons. The number of amides is 3. The molecule has 1 saturated heterocycles. The topological polar surface area (TPSA) is 70.7 Å². The van der Waals surface area contributed by atoms with Crippen LogP contribution in [-0.4, -0.2) is 49.7 Å². The summed E-state index contributed by atoms with van der Waals surface area (Å²) in [7, 11) is 0. The molecule has 2 rings (SSSR count). The van der Waals surface area contributed by atoms with Crippen LogP contribution in [0.5, 0.6) is 0 Å². The van der Waals surface area contributed by atoms with Gasteiger partial charge >= 0.3 is 6.03 Å². The Balaban J connectivity index is 1.74. The fraction of sp³-hybridized carbons (Fsp3) is 0.600. The van der Waals surface area contributed by atoms with E-state index in [1.165, 1.54) is 0 Å².